The highest BCUT2D eigenvalue weighted by Gasteiger charge is 2.18. The number of nitrogens with zero attached hydrogens (tertiary/aromatic N) is 2. The molecule has 1 heterocycles. The quantitative estimate of drug-likeness (QED) is 0.655. The molecule has 1 atom stereocenters. The molecule has 0 saturated carbocycles. The molecule has 1 aromatic rings. The Morgan fingerprint density at radius 2 is 2.39 bits per heavy atom. The van der Waals surface area contributed by atoms with Gasteiger partial charge in [-0.15, -0.1) is 0 Å². The zero-order chi connectivity index (χ0) is 13.1. The van der Waals surface area contributed by atoms with Crippen LogP contribution in [0.1, 0.15) is 12.5 Å². The molecule has 0 unspecified atom stereocenters. The van der Waals surface area contributed by atoms with Crippen LogP contribution in [0.3, 0.4) is 0 Å². The van der Waals surface area contributed by atoms with Crippen molar-refractivity contribution in [1.29, 1.82) is 0 Å². The Labute approximate surface area is 105 Å². The van der Waals surface area contributed by atoms with E-state index >= 15 is 0 Å². The van der Waals surface area contributed by atoms with Crippen molar-refractivity contribution in [3.8, 4) is 0 Å². The minimum absolute atomic E-state index is 0.204. The fraction of sp³-hybridized carbons (Fsp3) is 0.500. The van der Waals surface area contributed by atoms with Crippen molar-refractivity contribution < 1.29 is 9.31 Å². The monoisotopic (exact) mass is 253 g/mol. The second-order valence-corrected chi connectivity index (χ2v) is 4.62. The molecule has 6 heteroatoms. The van der Waals surface area contributed by atoms with E-state index in [9.17, 15) is 14.5 Å². The molecule has 18 heavy (non-hydrogen) atoms. The lowest BCUT2D eigenvalue weighted by molar-refractivity contribution is -0.385. The van der Waals surface area contributed by atoms with Gasteiger partial charge in [0.1, 0.15) is 5.82 Å². The van der Waals surface area contributed by atoms with Crippen LogP contribution in [0.4, 0.5) is 10.1 Å². The molecule has 1 fully saturated rings. The van der Waals surface area contributed by atoms with Crippen LogP contribution in [0.2, 0.25) is 0 Å². The first-order chi connectivity index (χ1) is 8.56. The number of nitrogens with one attached hydrogen (secondary N) is 1. The predicted octanol–water partition coefficient (Wildman–Crippen LogP) is 1.53. The highest BCUT2D eigenvalue weighted by molar-refractivity contribution is 5.34. The summed E-state index contributed by atoms with van der Waals surface area (Å²) in [7, 11) is 0. The van der Waals surface area contributed by atoms with E-state index in [0.717, 1.165) is 25.7 Å². The van der Waals surface area contributed by atoms with Gasteiger partial charge in [-0.1, -0.05) is 0 Å². The van der Waals surface area contributed by atoms with Gasteiger partial charge in [0.25, 0.3) is 5.69 Å². The molecule has 1 aliphatic rings. The zero-order valence-electron chi connectivity index (χ0n) is 10.2. The topological polar surface area (TPSA) is 58.4 Å². The van der Waals surface area contributed by atoms with Crippen molar-refractivity contribution in [2.45, 2.75) is 19.5 Å². The number of piperazine rings is 1. The van der Waals surface area contributed by atoms with Gasteiger partial charge >= 0.3 is 0 Å². The SMILES string of the molecule is C[C@@H]1CN(Cc2ccc([N+](=O)[O-])cc2F)CCN1. The number of rotatable bonds is 3. The van der Waals surface area contributed by atoms with Crippen LogP contribution >= 0.6 is 0 Å². The second-order valence-electron chi connectivity index (χ2n) is 4.62. The minimum atomic E-state index is -0.584. The van der Waals surface area contributed by atoms with E-state index in [4.69, 9.17) is 0 Å². The van der Waals surface area contributed by atoms with Gasteiger partial charge in [-0.3, -0.25) is 15.0 Å². The first kappa shape index (κ1) is 12.9. The summed E-state index contributed by atoms with van der Waals surface area (Å²) >= 11 is 0. The summed E-state index contributed by atoms with van der Waals surface area (Å²) in [5.41, 5.74) is 0.305. The van der Waals surface area contributed by atoms with Crippen molar-refractivity contribution in [3.05, 3.63) is 39.7 Å². The summed E-state index contributed by atoms with van der Waals surface area (Å²) in [6.45, 7) is 5.18. The first-order valence-electron chi connectivity index (χ1n) is 5.95. The van der Waals surface area contributed by atoms with Crippen molar-refractivity contribution in [2.75, 3.05) is 19.6 Å². The number of nitro benzene ring substituents is 1. The fourth-order valence-corrected chi connectivity index (χ4v) is 2.17. The lowest BCUT2D eigenvalue weighted by Crippen LogP contribution is -2.48. The summed E-state index contributed by atoms with van der Waals surface area (Å²) in [4.78, 5) is 12.1. The standard InChI is InChI=1S/C12H16FN3O2/c1-9-7-15(5-4-14-9)8-10-2-3-11(16(17)18)6-12(10)13/h2-3,6,9,14H,4-5,7-8H2,1H3/t9-/m1/s1. The molecule has 5 nitrogen and oxygen atoms in total. The van der Waals surface area contributed by atoms with E-state index in [-0.39, 0.29) is 5.69 Å². The molecule has 1 aliphatic heterocycles. The maximum Gasteiger partial charge on any atom is 0.272 e. The molecule has 0 aromatic heterocycles. The van der Waals surface area contributed by atoms with Gasteiger partial charge in [-0.2, -0.15) is 0 Å². The molecular formula is C12H16FN3O2. The smallest absolute Gasteiger partial charge is 0.272 e. The summed E-state index contributed by atoms with van der Waals surface area (Å²) in [5, 5.41) is 13.8. The molecule has 2 rings (SSSR count). The lowest BCUT2D eigenvalue weighted by Gasteiger charge is -2.31. The summed E-state index contributed by atoms with van der Waals surface area (Å²) in [5.74, 6) is -0.504. The Bertz CT molecular complexity index is 453. The first-order valence-corrected chi connectivity index (χ1v) is 5.95. The van der Waals surface area contributed by atoms with Crippen molar-refractivity contribution in [1.82, 2.24) is 10.2 Å². The number of nitro groups is 1. The van der Waals surface area contributed by atoms with Crippen LogP contribution in [-0.4, -0.2) is 35.5 Å². The maximum atomic E-state index is 13.7. The van der Waals surface area contributed by atoms with Gasteiger partial charge in [0.05, 0.1) is 11.0 Å². The predicted molar refractivity (Wildman–Crippen MR) is 65.8 cm³/mol. The lowest BCUT2D eigenvalue weighted by atomic mass is 10.1. The summed E-state index contributed by atoms with van der Waals surface area (Å²) in [6, 6.07) is 4.23. The number of hydrogen-bond donors (Lipinski definition) is 1. The highest BCUT2D eigenvalue weighted by atomic mass is 19.1. The Hall–Kier alpha value is -1.53. The van der Waals surface area contributed by atoms with Gasteiger partial charge in [-0.05, 0) is 13.0 Å². The van der Waals surface area contributed by atoms with E-state index < -0.39 is 10.7 Å². The van der Waals surface area contributed by atoms with Crippen LogP contribution in [-0.2, 0) is 6.54 Å². The normalized spacial score (nSPS) is 20.9. The number of non-ortho nitro benzene ring substituents is 1. The van der Waals surface area contributed by atoms with Gasteiger partial charge in [-0.25, -0.2) is 4.39 Å². The minimum Gasteiger partial charge on any atom is -0.312 e. The molecule has 0 bridgehead atoms. The Balaban J connectivity index is 2.07. The molecule has 98 valence electrons. The molecule has 1 aromatic carbocycles. The van der Waals surface area contributed by atoms with Crippen molar-refractivity contribution >= 4 is 5.69 Å². The molecule has 0 radical (unpaired) electrons. The van der Waals surface area contributed by atoms with E-state index in [1.54, 1.807) is 0 Å². The van der Waals surface area contributed by atoms with Crippen LogP contribution in [0.25, 0.3) is 0 Å². The van der Waals surface area contributed by atoms with Crippen LogP contribution < -0.4 is 5.32 Å². The van der Waals surface area contributed by atoms with E-state index in [1.165, 1.54) is 12.1 Å². The number of halogens is 1. The van der Waals surface area contributed by atoms with Crippen LogP contribution in [0.15, 0.2) is 18.2 Å². The van der Waals surface area contributed by atoms with Crippen molar-refractivity contribution in [2.24, 2.45) is 0 Å². The second kappa shape index (κ2) is 5.41. The molecule has 0 spiro atoms. The van der Waals surface area contributed by atoms with Crippen LogP contribution in [0, 0.1) is 15.9 Å². The summed E-state index contributed by atoms with van der Waals surface area (Å²) < 4.78 is 13.7. The highest BCUT2D eigenvalue weighted by Crippen LogP contribution is 2.18. The Morgan fingerprint density at radius 3 is 3.00 bits per heavy atom. The Kier molecular flexibility index (Phi) is 3.88. The maximum absolute atomic E-state index is 13.7. The Morgan fingerprint density at radius 1 is 1.61 bits per heavy atom. The summed E-state index contributed by atoms with van der Waals surface area (Å²) in [6.07, 6.45) is 0. The van der Waals surface area contributed by atoms with Crippen LogP contribution in [0.5, 0.6) is 0 Å². The van der Waals surface area contributed by atoms with Gasteiger partial charge in [0, 0.05) is 43.9 Å². The average molecular weight is 253 g/mol. The van der Waals surface area contributed by atoms with Crippen molar-refractivity contribution in [3.63, 3.8) is 0 Å². The number of benzene rings is 1. The molecule has 1 saturated heterocycles. The third kappa shape index (κ3) is 3.02. The molecular weight excluding hydrogens is 237 g/mol. The van der Waals surface area contributed by atoms with Gasteiger partial charge < -0.3 is 5.32 Å². The van der Waals surface area contributed by atoms with E-state index in [2.05, 4.69) is 17.1 Å². The average Bonchev–Trinajstić information content (AvgIpc) is 2.31. The van der Waals surface area contributed by atoms with E-state index in [0.29, 0.717) is 18.2 Å². The largest absolute Gasteiger partial charge is 0.312 e. The molecule has 0 aliphatic carbocycles. The third-order valence-electron chi connectivity index (χ3n) is 3.09. The number of hydrogen-bond acceptors (Lipinski definition) is 4. The zero-order valence-corrected chi connectivity index (χ0v) is 10.2. The van der Waals surface area contributed by atoms with E-state index in [1.807, 2.05) is 0 Å². The third-order valence-corrected chi connectivity index (χ3v) is 3.09. The fourth-order valence-electron chi connectivity index (χ4n) is 2.17. The van der Waals surface area contributed by atoms with Gasteiger partial charge in [0.2, 0.25) is 0 Å². The van der Waals surface area contributed by atoms with Gasteiger partial charge in [0.15, 0.2) is 0 Å². The molecule has 1 N–H and O–H groups in total. The molecule has 0 amide bonds.